The molecule has 0 bridgehead atoms. The highest BCUT2D eigenvalue weighted by molar-refractivity contribution is 5.79. The Morgan fingerprint density at radius 2 is 2.00 bits per heavy atom. The lowest BCUT2D eigenvalue weighted by Crippen LogP contribution is -2.37. The summed E-state index contributed by atoms with van der Waals surface area (Å²) in [6, 6.07) is 6.15. The summed E-state index contributed by atoms with van der Waals surface area (Å²) in [7, 11) is 0. The molecule has 0 aliphatic carbocycles. The van der Waals surface area contributed by atoms with Crippen molar-refractivity contribution in [2.75, 3.05) is 26.2 Å². The van der Waals surface area contributed by atoms with Crippen LogP contribution in [0.2, 0.25) is 0 Å². The van der Waals surface area contributed by atoms with Gasteiger partial charge in [-0.05, 0) is 31.9 Å². The summed E-state index contributed by atoms with van der Waals surface area (Å²) in [6.07, 6.45) is 1.81. The predicted molar refractivity (Wildman–Crippen MR) is 85.6 cm³/mol. The van der Waals surface area contributed by atoms with Crippen molar-refractivity contribution in [1.29, 1.82) is 0 Å². The Bertz CT molecular complexity index is 435. The number of ether oxygens (including phenoxy) is 1. The van der Waals surface area contributed by atoms with Gasteiger partial charge in [-0.25, -0.2) is 4.99 Å². The van der Waals surface area contributed by atoms with E-state index in [0.717, 1.165) is 29.4 Å². The van der Waals surface area contributed by atoms with Crippen molar-refractivity contribution in [1.82, 2.24) is 10.6 Å². The standard InChI is InChI=1S/C16H25N3O/c1-5-10-18-16(17-6-2)19-11-12-20-15-13(3)8-7-9-14(15)4/h5,7-9H,1,6,10-12H2,2-4H3,(H2,17,18,19). The minimum Gasteiger partial charge on any atom is -0.491 e. The highest BCUT2D eigenvalue weighted by Crippen LogP contribution is 2.21. The highest BCUT2D eigenvalue weighted by atomic mass is 16.5. The Hall–Kier alpha value is -1.97. The maximum atomic E-state index is 5.82. The lowest BCUT2D eigenvalue weighted by Gasteiger charge is -2.12. The Morgan fingerprint density at radius 1 is 1.30 bits per heavy atom. The van der Waals surface area contributed by atoms with Crippen LogP contribution in [0.5, 0.6) is 5.75 Å². The molecule has 2 N–H and O–H groups in total. The number of rotatable bonds is 7. The first kappa shape index (κ1) is 16.1. The molecule has 1 aromatic carbocycles. The molecule has 0 amide bonds. The van der Waals surface area contributed by atoms with Crippen molar-refractivity contribution in [2.45, 2.75) is 20.8 Å². The van der Waals surface area contributed by atoms with E-state index in [9.17, 15) is 0 Å². The van der Waals surface area contributed by atoms with Crippen LogP contribution in [0.4, 0.5) is 0 Å². The number of benzene rings is 1. The maximum absolute atomic E-state index is 5.82. The second-order valence-corrected chi connectivity index (χ2v) is 4.50. The maximum Gasteiger partial charge on any atom is 0.191 e. The zero-order valence-electron chi connectivity index (χ0n) is 12.7. The zero-order valence-corrected chi connectivity index (χ0v) is 12.7. The first-order chi connectivity index (χ1) is 9.69. The van der Waals surface area contributed by atoms with E-state index in [0.29, 0.717) is 19.7 Å². The van der Waals surface area contributed by atoms with Crippen LogP contribution in [0.1, 0.15) is 18.1 Å². The molecule has 4 heteroatoms. The molecule has 0 aliphatic heterocycles. The summed E-state index contributed by atoms with van der Waals surface area (Å²) >= 11 is 0. The van der Waals surface area contributed by atoms with Crippen LogP contribution < -0.4 is 15.4 Å². The van der Waals surface area contributed by atoms with Crippen molar-refractivity contribution >= 4 is 5.96 Å². The highest BCUT2D eigenvalue weighted by Gasteiger charge is 2.02. The quantitative estimate of drug-likeness (QED) is 0.348. The van der Waals surface area contributed by atoms with Gasteiger partial charge >= 0.3 is 0 Å². The monoisotopic (exact) mass is 275 g/mol. The Balaban J connectivity index is 2.47. The summed E-state index contributed by atoms with van der Waals surface area (Å²) in [5.74, 6) is 1.75. The molecular formula is C16H25N3O. The van der Waals surface area contributed by atoms with Crippen LogP contribution in [0.3, 0.4) is 0 Å². The van der Waals surface area contributed by atoms with Gasteiger partial charge in [0.2, 0.25) is 0 Å². The van der Waals surface area contributed by atoms with E-state index in [1.807, 2.05) is 13.0 Å². The minimum absolute atomic E-state index is 0.566. The summed E-state index contributed by atoms with van der Waals surface area (Å²) in [6.45, 7) is 12.5. The van der Waals surface area contributed by atoms with Gasteiger partial charge in [0.05, 0.1) is 6.54 Å². The van der Waals surface area contributed by atoms with E-state index in [1.54, 1.807) is 6.08 Å². The molecule has 1 aromatic rings. The van der Waals surface area contributed by atoms with Crippen molar-refractivity contribution in [3.63, 3.8) is 0 Å². The lowest BCUT2D eigenvalue weighted by molar-refractivity contribution is 0.324. The smallest absolute Gasteiger partial charge is 0.191 e. The summed E-state index contributed by atoms with van der Waals surface area (Å²) in [5.41, 5.74) is 2.32. The number of hydrogen-bond acceptors (Lipinski definition) is 2. The third-order valence-electron chi connectivity index (χ3n) is 2.77. The molecule has 0 fully saturated rings. The summed E-state index contributed by atoms with van der Waals surface area (Å²) in [4.78, 5) is 4.45. The van der Waals surface area contributed by atoms with E-state index in [-0.39, 0.29) is 0 Å². The average Bonchev–Trinajstić information content (AvgIpc) is 2.43. The predicted octanol–water partition coefficient (Wildman–Crippen LogP) is 2.42. The third kappa shape index (κ3) is 5.34. The van der Waals surface area contributed by atoms with Crippen LogP contribution in [0, 0.1) is 13.8 Å². The van der Waals surface area contributed by atoms with Gasteiger partial charge < -0.3 is 15.4 Å². The van der Waals surface area contributed by atoms with Crippen molar-refractivity contribution < 1.29 is 4.74 Å². The molecule has 4 nitrogen and oxygen atoms in total. The average molecular weight is 275 g/mol. The second kappa shape index (κ2) is 9.02. The molecular weight excluding hydrogens is 250 g/mol. The van der Waals surface area contributed by atoms with Crippen LogP contribution in [0.15, 0.2) is 35.8 Å². The van der Waals surface area contributed by atoms with Crippen molar-refractivity contribution in [2.24, 2.45) is 4.99 Å². The number of aliphatic imine (C=N–C) groups is 1. The number of nitrogens with zero attached hydrogens (tertiary/aromatic N) is 1. The molecule has 110 valence electrons. The number of hydrogen-bond donors (Lipinski definition) is 2. The molecule has 0 radical (unpaired) electrons. The van der Waals surface area contributed by atoms with Gasteiger partial charge in [0.25, 0.3) is 0 Å². The van der Waals surface area contributed by atoms with Gasteiger partial charge in [-0.15, -0.1) is 6.58 Å². The Morgan fingerprint density at radius 3 is 2.60 bits per heavy atom. The number of guanidine groups is 1. The van der Waals surface area contributed by atoms with E-state index in [2.05, 4.69) is 48.2 Å². The Labute approximate surface area is 121 Å². The fourth-order valence-corrected chi connectivity index (χ4v) is 1.84. The first-order valence-corrected chi connectivity index (χ1v) is 7.01. The van der Waals surface area contributed by atoms with Gasteiger partial charge in [-0.2, -0.15) is 0 Å². The first-order valence-electron chi connectivity index (χ1n) is 7.01. The SMILES string of the molecule is C=CCNC(=NCCOc1c(C)cccc1C)NCC. The van der Waals surface area contributed by atoms with Crippen molar-refractivity contribution in [3.8, 4) is 5.75 Å². The van der Waals surface area contributed by atoms with E-state index in [4.69, 9.17) is 4.74 Å². The largest absolute Gasteiger partial charge is 0.491 e. The Kier molecular flexibility index (Phi) is 7.25. The topological polar surface area (TPSA) is 45.7 Å². The molecule has 0 aromatic heterocycles. The van der Waals surface area contributed by atoms with Crippen LogP contribution in [-0.2, 0) is 0 Å². The molecule has 0 unspecified atom stereocenters. The molecule has 0 saturated carbocycles. The molecule has 0 spiro atoms. The number of aryl methyl sites for hydroxylation is 2. The summed E-state index contributed by atoms with van der Waals surface area (Å²) < 4.78 is 5.82. The van der Waals surface area contributed by atoms with E-state index in [1.165, 1.54) is 0 Å². The molecule has 0 aliphatic rings. The summed E-state index contributed by atoms with van der Waals surface area (Å²) in [5, 5.41) is 6.33. The molecule has 1 rings (SSSR count). The lowest BCUT2D eigenvalue weighted by atomic mass is 10.1. The normalized spacial score (nSPS) is 11.1. The third-order valence-corrected chi connectivity index (χ3v) is 2.77. The molecule has 0 heterocycles. The fraction of sp³-hybridized carbons (Fsp3) is 0.438. The van der Waals surface area contributed by atoms with Gasteiger partial charge in [-0.1, -0.05) is 24.3 Å². The van der Waals surface area contributed by atoms with Crippen LogP contribution in [-0.4, -0.2) is 32.2 Å². The fourth-order valence-electron chi connectivity index (χ4n) is 1.84. The molecule has 20 heavy (non-hydrogen) atoms. The van der Waals surface area contributed by atoms with Crippen LogP contribution >= 0.6 is 0 Å². The number of para-hydroxylation sites is 1. The zero-order chi connectivity index (χ0) is 14.8. The van der Waals surface area contributed by atoms with Gasteiger partial charge in [0, 0.05) is 13.1 Å². The van der Waals surface area contributed by atoms with Crippen molar-refractivity contribution in [3.05, 3.63) is 42.0 Å². The molecule has 0 saturated heterocycles. The van der Waals surface area contributed by atoms with Gasteiger partial charge in [-0.3, -0.25) is 0 Å². The number of nitrogens with one attached hydrogen (secondary N) is 2. The second-order valence-electron chi connectivity index (χ2n) is 4.50. The van der Waals surface area contributed by atoms with E-state index < -0.39 is 0 Å². The van der Waals surface area contributed by atoms with E-state index >= 15 is 0 Å². The molecule has 0 atom stereocenters. The van der Waals surface area contributed by atoms with Gasteiger partial charge in [0.15, 0.2) is 5.96 Å². The van der Waals surface area contributed by atoms with Crippen LogP contribution in [0.25, 0.3) is 0 Å². The minimum atomic E-state index is 0.566. The van der Waals surface area contributed by atoms with Gasteiger partial charge in [0.1, 0.15) is 12.4 Å².